The SMILES string of the molecule is Cc1cc(NC(=O)c2cc(C)n(Cc3cccs3)c2C)ccc1Oc1cccnc1. The topological polar surface area (TPSA) is 56.2 Å². The molecule has 0 aliphatic heterocycles. The van der Waals surface area contributed by atoms with Crippen LogP contribution in [-0.4, -0.2) is 15.5 Å². The molecule has 0 radical (unpaired) electrons. The molecule has 0 bridgehead atoms. The molecule has 4 rings (SSSR count). The fourth-order valence-corrected chi connectivity index (χ4v) is 4.10. The van der Waals surface area contributed by atoms with Crippen LogP contribution in [0.15, 0.2) is 66.3 Å². The summed E-state index contributed by atoms with van der Waals surface area (Å²) in [5.41, 5.74) is 4.39. The molecule has 0 saturated heterocycles. The molecule has 6 heteroatoms. The molecule has 0 unspecified atom stereocenters. The van der Waals surface area contributed by atoms with Gasteiger partial charge in [-0.05, 0) is 74.2 Å². The summed E-state index contributed by atoms with van der Waals surface area (Å²) in [6, 6.07) is 15.4. The first-order valence-electron chi connectivity index (χ1n) is 9.70. The molecule has 0 atom stereocenters. The third kappa shape index (κ3) is 4.28. The Bertz CT molecular complexity index is 1160. The molecular weight excluding hydrogens is 394 g/mol. The normalized spacial score (nSPS) is 10.8. The molecular formula is C24H23N3O2S. The highest BCUT2D eigenvalue weighted by Crippen LogP contribution is 2.27. The Labute approximate surface area is 180 Å². The minimum Gasteiger partial charge on any atom is -0.455 e. The van der Waals surface area contributed by atoms with Crippen molar-refractivity contribution >= 4 is 22.9 Å². The maximum absolute atomic E-state index is 12.9. The lowest BCUT2D eigenvalue weighted by Gasteiger charge is -2.11. The number of carbonyl (C=O) groups is 1. The Balaban J connectivity index is 1.49. The number of carbonyl (C=O) groups excluding carboxylic acids is 1. The highest BCUT2D eigenvalue weighted by molar-refractivity contribution is 7.09. The Hall–Kier alpha value is -3.38. The number of aryl methyl sites for hydroxylation is 2. The summed E-state index contributed by atoms with van der Waals surface area (Å²) in [4.78, 5) is 18.3. The van der Waals surface area contributed by atoms with Crippen molar-refractivity contribution in [1.82, 2.24) is 9.55 Å². The number of aromatic nitrogens is 2. The predicted molar refractivity (Wildman–Crippen MR) is 121 cm³/mol. The number of anilines is 1. The number of benzene rings is 1. The van der Waals surface area contributed by atoms with Gasteiger partial charge in [0.15, 0.2) is 0 Å². The zero-order chi connectivity index (χ0) is 21.1. The Kier molecular flexibility index (Phi) is 5.68. The molecule has 5 nitrogen and oxygen atoms in total. The average molecular weight is 418 g/mol. The van der Waals surface area contributed by atoms with Gasteiger partial charge in [-0.25, -0.2) is 0 Å². The van der Waals surface area contributed by atoms with E-state index in [1.165, 1.54) is 4.88 Å². The van der Waals surface area contributed by atoms with Crippen molar-refractivity contribution in [3.8, 4) is 11.5 Å². The molecule has 3 aromatic heterocycles. The van der Waals surface area contributed by atoms with Crippen LogP contribution in [0.4, 0.5) is 5.69 Å². The summed E-state index contributed by atoms with van der Waals surface area (Å²) >= 11 is 1.72. The number of ether oxygens (including phenoxy) is 1. The van der Waals surface area contributed by atoms with Gasteiger partial charge in [-0.1, -0.05) is 6.07 Å². The van der Waals surface area contributed by atoms with Crippen molar-refractivity contribution in [3.05, 3.63) is 93.7 Å². The van der Waals surface area contributed by atoms with Crippen molar-refractivity contribution in [3.63, 3.8) is 0 Å². The van der Waals surface area contributed by atoms with E-state index in [1.54, 1.807) is 23.7 Å². The largest absolute Gasteiger partial charge is 0.455 e. The number of hydrogen-bond donors (Lipinski definition) is 1. The maximum atomic E-state index is 12.9. The minimum atomic E-state index is -0.110. The lowest BCUT2D eigenvalue weighted by Crippen LogP contribution is -2.13. The van der Waals surface area contributed by atoms with Crippen LogP contribution in [0.2, 0.25) is 0 Å². The quantitative estimate of drug-likeness (QED) is 0.421. The van der Waals surface area contributed by atoms with Crippen molar-refractivity contribution in [2.75, 3.05) is 5.32 Å². The first kappa shape index (κ1) is 19.9. The predicted octanol–water partition coefficient (Wildman–Crippen LogP) is 5.96. The fourth-order valence-electron chi connectivity index (χ4n) is 3.41. The van der Waals surface area contributed by atoms with Crippen LogP contribution in [0, 0.1) is 20.8 Å². The molecule has 0 fully saturated rings. The number of nitrogens with one attached hydrogen (secondary N) is 1. The van der Waals surface area contributed by atoms with E-state index in [0.29, 0.717) is 11.3 Å². The van der Waals surface area contributed by atoms with Gasteiger partial charge in [0.25, 0.3) is 5.91 Å². The highest BCUT2D eigenvalue weighted by atomic mass is 32.1. The minimum absolute atomic E-state index is 0.110. The van der Waals surface area contributed by atoms with E-state index < -0.39 is 0 Å². The third-order valence-corrected chi connectivity index (χ3v) is 5.87. The van der Waals surface area contributed by atoms with Crippen LogP contribution in [0.3, 0.4) is 0 Å². The van der Waals surface area contributed by atoms with Gasteiger partial charge in [-0.2, -0.15) is 0 Å². The average Bonchev–Trinajstić information content (AvgIpc) is 3.35. The zero-order valence-electron chi connectivity index (χ0n) is 17.2. The Morgan fingerprint density at radius 1 is 1.13 bits per heavy atom. The van der Waals surface area contributed by atoms with Crippen molar-refractivity contribution in [2.24, 2.45) is 0 Å². The number of thiophene rings is 1. The van der Waals surface area contributed by atoms with E-state index in [4.69, 9.17) is 4.74 Å². The van der Waals surface area contributed by atoms with E-state index in [0.717, 1.165) is 34.9 Å². The first-order chi connectivity index (χ1) is 14.5. The summed E-state index contributed by atoms with van der Waals surface area (Å²) < 4.78 is 8.04. The molecule has 30 heavy (non-hydrogen) atoms. The van der Waals surface area contributed by atoms with Gasteiger partial charge in [0, 0.05) is 28.1 Å². The van der Waals surface area contributed by atoms with E-state index in [9.17, 15) is 4.79 Å². The molecule has 0 aliphatic carbocycles. The van der Waals surface area contributed by atoms with Gasteiger partial charge in [0.05, 0.1) is 18.3 Å². The van der Waals surface area contributed by atoms with E-state index in [-0.39, 0.29) is 5.91 Å². The summed E-state index contributed by atoms with van der Waals surface area (Å²) in [5, 5.41) is 5.08. The molecule has 152 valence electrons. The zero-order valence-corrected chi connectivity index (χ0v) is 18.0. The van der Waals surface area contributed by atoms with Crippen LogP contribution < -0.4 is 10.1 Å². The van der Waals surface area contributed by atoms with Crippen LogP contribution in [-0.2, 0) is 6.54 Å². The van der Waals surface area contributed by atoms with Gasteiger partial charge < -0.3 is 14.6 Å². The van der Waals surface area contributed by atoms with Crippen LogP contribution in [0.1, 0.15) is 32.2 Å². The monoisotopic (exact) mass is 417 g/mol. The standard InChI is InChI=1S/C24H23N3O2S/c1-16-12-19(8-9-23(16)29-20-6-4-10-25-14-20)26-24(28)22-13-17(2)27(18(22)3)15-21-7-5-11-30-21/h4-14H,15H2,1-3H3,(H,26,28). The molecule has 1 aromatic carbocycles. The number of rotatable bonds is 6. The maximum Gasteiger partial charge on any atom is 0.257 e. The smallest absolute Gasteiger partial charge is 0.257 e. The van der Waals surface area contributed by atoms with Gasteiger partial charge >= 0.3 is 0 Å². The summed E-state index contributed by atoms with van der Waals surface area (Å²) in [6.07, 6.45) is 3.37. The van der Waals surface area contributed by atoms with E-state index in [2.05, 4.69) is 26.3 Å². The lowest BCUT2D eigenvalue weighted by molar-refractivity contribution is 0.102. The second kappa shape index (κ2) is 8.55. The molecule has 4 aromatic rings. The van der Waals surface area contributed by atoms with Gasteiger partial charge in [-0.3, -0.25) is 9.78 Å². The highest BCUT2D eigenvalue weighted by Gasteiger charge is 2.17. The first-order valence-corrected chi connectivity index (χ1v) is 10.6. The van der Waals surface area contributed by atoms with Crippen molar-refractivity contribution in [2.45, 2.75) is 27.3 Å². The van der Waals surface area contributed by atoms with Crippen LogP contribution in [0.25, 0.3) is 0 Å². The second-order valence-corrected chi connectivity index (χ2v) is 8.21. The number of amides is 1. The molecule has 0 saturated carbocycles. The van der Waals surface area contributed by atoms with E-state index >= 15 is 0 Å². The molecule has 1 N–H and O–H groups in total. The summed E-state index contributed by atoms with van der Waals surface area (Å²) in [5.74, 6) is 1.30. The van der Waals surface area contributed by atoms with Crippen LogP contribution in [0.5, 0.6) is 11.5 Å². The van der Waals surface area contributed by atoms with E-state index in [1.807, 2.05) is 63.2 Å². The third-order valence-electron chi connectivity index (χ3n) is 5.01. The summed E-state index contributed by atoms with van der Waals surface area (Å²) in [6.45, 7) is 6.76. The lowest BCUT2D eigenvalue weighted by atomic mass is 10.1. The molecule has 0 aliphatic rings. The van der Waals surface area contributed by atoms with Gasteiger partial charge in [-0.15, -0.1) is 11.3 Å². The molecule has 3 heterocycles. The molecule has 0 spiro atoms. The summed E-state index contributed by atoms with van der Waals surface area (Å²) in [7, 11) is 0. The fraction of sp³-hybridized carbons (Fsp3) is 0.167. The Morgan fingerprint density at radius 2 is 2.00 bits per heavy atom. The van der Waals surface area contributed by atoms with Crippen LogP contribution >= 0.6 is 11.3 Å². The second-order valence-electron chi connectivity index (χ2n) is 7.18. The van der Waals surface area contributed by atoms with Gasteiger partial charge in [0.1, 0.15) is 11.5 Å². The number of hydrogen-bond acceptors (Lipinski definition) is 4. The van der Waals surface area contributed by atoms with Crippen molar-refractivity contribution < 1.29 is 9.53 Å². The Morgan fingerprint density at radius 3 is 2.70 bits per heavy atom. The van der Waals surface area contributed by atoms with Crippen molar-refractivity contribution in [1.29, 1.82) is 0 Å². The molecule has 1 amide bonds. The number of nitrogens with zero attached hydrogens (tertiary/aromatic N) is 2. The number of pyridine rings is 1. The van der Waals surface area contributed by atoms with Gasteiger partial charge in [0.2, 0.25) is 0 Å².